The summed E-state index contributed by atoms with van der Waals surface area (Å²) < 4.78 is 10.9. The molecule has 0 aromatic heterocycles. The van der Waals surface area contributed by atoms with Crippen molar-refractivity contribution in [3.8, 4) is 11.5 Å². The van der Waals surface area contributed by atoms with Crippen LogP contribution in [0.1, 0.15) is 18.1 Å². The lowest BCUT2D eigenvalue weighted by Gasteiger charge is -2.10. The van der Waals surface area contributed by atoms with Crippen molar-refractivity contribution in [1.29, 1.82) is 0 Å². The largest absolute Gasteiger partial charge is 0.494 e. The van der Waals surface area contributed by atoms with Gasteiger partial charge in [0.05, 0.1) is 13.2 Å². The Balaban J connectivity index is 1.62. The first-order chi connectivity index (χ1) is 11.7. The van der Waals surface area contributed by atoms with Crippen LogP contribution in [-0.2, 0) is 6.54 Å². The third-order valence-electron chi connectivity index (χ3n) is 3.33. The van der Waals surface area contributed by atoms with Gasteiger partial charge in [0.1, 0.15) is 18.1 Å². The molecule has 0 aliphatic rings. The highest BCUT2D eigenvalue weighted by molar-refractivity contribution is 5.73. The Bertz CT molecular complexity index is 641. The van der Waals surface area contributed by atoms with Crippen molar-refractivity contribution < 1.29 is 14.3 Å². The molecular weight excluding hydrogens is 304 g/mol. The predicted molar refractivity (Wildman–Crippen MR) is 94.5 cm³/mol. The van der Waals surface area contributed by atoms with Crippen molar-refractivity contribution in [3.05, 3.63) is 59.7 Å². The van der Waals surface area contributed by atoms with E-state index in [-0.39, 0.29) is 6.03 Å². The third-order valence-corrected chi connectivity index (χ3v) is 3.33. The van der Waals surface area contributed by atoms with Gasteiger partial charge in [-0.05, 0) is 43.7 Å². The maximum absolute atomic E-state index is 11.7. The van der Waals surface area contributed by atoms with E-state index in [9.17, 15) is 4.79 Å². The molecule has 0 radical (unpaired) electrons. The summed E-state index contributed by atoms with van der Waals surface area (Å²) in [6.45, 7) is 5.97. The molecule has 0 atom stereocenters. The van der Waals surface area contributed by atoms with E-state index in [0.717, 1.165) is 17.1 Å². The molecule has 5 nitrogen and oxygen atoms in total. The van der Waals surface area contributed by atoms with E-state index in [1.165, 1.54) is 5.56 Å². The van der Waals surface area contributed by atoms with Crippen LogP contribution < -0.4 is 20.1 Å². The quantitative estimate of drug-likeness (QED) is 0.731. The molecule has 0 bridgehead atoms. The first-order valence-corrected chi connectivity index (χ1v) is 8.10. The number of carbonyl (C=O) groups is 1. The number of rotatable bonds is 8. The monoisotopic (exact) mass is 328 g/mol. The molecule has 2 N–H and O–H groups in total. The Morgan fingerprint density at radius 2 is 1.71 bits per heavy atom. The van der Waals surface area contributed by atoms with Crippen molar-refractivity contribution >= 4 is 6.03 Å². The zero-order chi connectivity index (χ0) is 17.2. The number of benzene rings is 2. The van der Waals surface area contributed by atoms with Crippen LogP contribution in [0, 0.1) is 6.92 Å². The summed E-state index contributed by atoms with van der Waals surface area (Å²) in [7, 11) is 0. The van der Waals surface area contributed by atoms with E-state index in [0.29, 0.717) is 26.3 Å². The Morgan fingerprint density at radius 1 is 1.00 bits per heavy atom. The fourth-order valence-corrected chi connectivity index (χ4v) is 2.20. The highest BCUT2D eigenvalue weighted by Gasteiger charge is 2.01. The van der Waals surface area contributed by atoms with Gasteiger partial charge in [-0.15, -0.1) is 0 Å². The number of aryl methyl sites for hydroxylation is 1. The van der Waals surface area contributed by atoms with Gasteiger partial charge in [0.25, 0.3) is 0 Å². The van der Waals surface area contributed by atoms with E-state index in [2.05, 4.69) is 16.7 Å². The van der Waals surface area contributed by atoms with Crippen LogP contribution in [0.5, 0.6) is 11.5 Å². The van der Waals surface area contributed by atoms with Gasteiger partial charge < -0.3 is 20.1 Å². The first-order valence-electron chi connectivity index (χ1n) is 8.10. The molecular formula is C19H24N2O3. The smallest absolute Gasteiger partial charge is 0.315 e. The molecule has 0 spiro atoms. The lowest BCUT2D eigenvalue weighted by atomic mass is 10.1. The van der Waals surface area contributed by atoms with Crippen LogP contribution in [0.3, 0.4) is 0 Å². The second kappa shape index (κ2) is 9.45. The normalized spacial score (nSPS) is 10.1. The third kappa shape index (κ3) is 6.20. The number of hydrogen-bond acceptors (Lipinski definition) is 3. The average molecular weight is 328 g/mol. The predicted octanol–water partition coefficient (Wildman–Crippen LogP) is 3.27. The molecule has 2 aromatic carbocycles. The Morgan fingerprint density at radius 3 is 2.38 bits per heavy atom. The summed E-state index contributed by atoms with van der Waals surface area (Å²) in [4.78, 5) is 11.7. The minimum absolute atomic E-state index is 0.202. The molecule has 0 aliphatic heterocycles. The lowest BCUT2D eigenvalue weighted by molar-refractivity contribution is 0.236. The standard InChI is InChI=1S/C19H24N2O3/c1-3-23-17-7-9-18(10-8-17)24-12-11-20-19(22)21-14-16-6-4-5-15(2)13-16/h4-10,13H,3,11-12,14H2,1-2H3,(H2,20,21,22). The Hall–Kier alpha value is -2.69. The van der Waals surface area contributed by atoms with Crippen LogP contribution in [0.4, 0.5) is 4.79 Å². The van der Waals surface area contributed by atoms with E-state index in [4.69, 9.17) is 9.47 Å². The Kier molecular flexibility index (Phi) is 6.95. The molecule has 5 heteroatoms. The van der Waals surface area contributed by atoms with E-state index in [1.807, 2.05) is 56.3 Å². The number of carbonyl (C=O) groups excluding carboxylic acids is 1. The van der Waals surface area contributed by atoms with E-state index >= 15 is 0 Å². The number of ether oxygens (including phenoxy) is 2. The number of nitrogens with one attached hydrogen (secondary N) is 2. The molecule has 128 valence electrons. The first kappa shape index (κ1) is 17.7. The van der Waals surface area contributed by atoms with Crippen molar-refractivity contribution in [3.63, 3.8) is 0 Å². The minimum atomic E-state index is -0.202. The summed E-state index contributed by atoms with van der Waals surface area (Å²) in [6.07, 6.45) is 0. The van der Waals surface area contributed by atoms with Crippen LogP contribution in [0.15, 0.2) is 48.5 Å². The van der Waals surface area contributed by atoms with Gasteiger partial charge in [-0.2, -0.15) is 0 Å². The molecule has 2 aromatic rings. The lowest BCUT2D eigenvalue weighted by Crippen LogP contribution is -2.37. The second-order valence-corrected chi connectivity index (χ2v) is 5.35. The van der Waals surface area contributed by atoms with Gasteiger partial charge in [-0.3, -0.25) is 0 Å². The molecule has 0 fully saturated rings. The molecule has 0 unspecified atom stereocenters. The summed E-state index contributed by atoms with van der Waals surface area (Å²) >= 11 is 0. The van der Waals surface area contributed by atoms with Crippen LogP contribution in [0.2, 0.25) is 0 Å². The molecule has 0 saturated carbocycles. The van der Waals surface area contributed by atoms with Crippen LogP contribution >= 0.6 is 0 Å². The van der Waals surface area contributed by atoms with Gasteiger partial charge in [-0.25, -0.2) is 4.79 Å². The van der Waals surface area contributed by atoms with E-state index < -0.39 is 0 Å². The van der Waals surface area contributed by atoms with Crippen LogP contribution in [0.25, 0.3) is 0 Å². The van der Waals surface area contributed by atoms with Crippen molar-refractivity contribution in [1.82, 2.24) is 10.6 Å². The van der Waals surface area contributed by atoms with Gasteiger partial charge in [0, 0.05) is 6.54 Å². The van der Waals surface area contributed by atoms with Gasteiger partial charge >= 0.3 is 6.03 Å². The number of amides is 2. The van der Waals surface area contributed by atoms with E-state index in [1.54, 1.807) is 0 Å². The number of urea groups is 1. The zero-order valence-corrected chi connectivity index (χ0v) is 14.2. The fourth-order valence-electron chi connectivity index (χ4n) is 2.20. The van der Waals surface area contributed by atoms with Gasteiger partial charge in [-0.1, -0.05) is 29.8 Å². The van der Waals surface area contributed by atoms with Crippen molar-refractivity contribution in [2.24, 2.45) is 0 Å². The second-order valence-electron chi connectivity index (χ2n) is 5.35. The summed E-state index contributed by atoms with van der Waals surface area (Å²) in [5.41, 5.74) is 2.26. The molecule has 0 saturated heterocycles. The summed E-state index contributed by atoms with van der Waals surface area (Å²) in [5, 5.41) is 5.59. The highest BCUT2D eigenvalue weighted by Crippen LogP contribution is 2.17. The minimum Gasteiger partial charge on any atom is -0.494 e. The Labute approximate surface area is 143 Å². The topological polar surface area (TPSA) is 59.6 Å². The SMILES string of the molecule is CCOc1ccc(OCCNC(=O)NCc2cccc(C)c2)cc1. The summed E-state index contributed by atoms with van der Waals surface area (Å²) in [5.74, 6) is 1.57. The zero-order valence-electron chi connectivity index (χ0n) is 14.2. The van der Waals surface area contributed by atoms with Gasteiger partial charge in [0.2, 0.25) is 0 Å². The fraction of sp³-hybridized carbons (Fsp3) is 0.316. The highest BCUT2D eigenvalue weighted by atomic mass is 16.5. The molecule has 2 amide bonds. The maximum Gasteiger partial charge on any atom is 0.315 e. The molecule has 0 heterocycles. The van der Waals surface area contributed by atoms with Gasteiger partial charge in [0.15, 0.2) is 0 Å². The molecule has 24 heavy (non-hydrogen) atoms. The van der Waals surface area contributed by atoms with Crippen molar-refractivity contribution in [2.45, 2.75) is 20.4 Å². The summed E-state index contributed by atoms with van der Waals surface area (Å²) in [6, 6.07) is 15.3. The van der Waals surface area contributed by atoms with Crippen molar-refractivity contribution in [2.75, 3.05) is 19.8 Å². The molecule has 0 aliphatic carbocycles. The average Bonchev–Trinajstić information content (AvgIpc) is 2.59. The van der Waals surface area contributed by atoms with Crippen LogP contribution in [-0.4, -0.2) is 25.8 Å². The number of hydrogen-bond donors (Lipinski definition) is 2. The molecule has 2 rings (SSSR count). The maximum atomic E-state index is 11.7.